The summed E-state index contributed by atoms with van der Waals surface area (Å²) in [7, 11) is 0. The fourth-order valence-corrected chi connectivity index (χ4v) is 2.24. The number of para-hydroxylation sites is 1. The minimum Gasteiger partial charge on any atom is -0.397 e. The molecule has 2 nitrogen and oxygen atoms in total. The van der Waals surface area contributed by atoms with Gasteiger partial charge in [0, 0.05) is 10.2 Å². The van der Waals surface area contributed by atoms with E-state index in [1.807, 2.05) is 13.0 Å². The van der Waals surface area contributed by atoms with Crippen LogP contribution in [0.3, 0.4) is 0 Å². The van der Waals surface area contributed by atoms with Gasteiger partial charge in [-0.25, -0.2) is 0 Å². The number of hydrogen-bond donors (Lipinski definition) is 2. The first-order chi connectivity index (χ1) is 9.29. The molecule has 0 amide bonds. The molecule has 0 radical (unpaired) electrons. The zero-order valence-electron chi connectivity index (χ0n) is 10.6. The van der Waals surface area contributed by atoms with Crippen molar-refractivity contribution in [1.82, 2.24) is 0 Å². The maximum Gasteiger partial charge on any atom is 0.417 e. The van der Waals surface area contributed by atoms with Gasteiger partial charge in [0.1, 0.15) is 0 Å². The number of halogens is 4. The van der Waals surface area contributed by atoms with E-state index in [1.54, 1.807) is 18.2 Å². The van der Waals surface area contributed by atoms with Gasteiger partial charge in [0.15, 0.2) is 0 Å². The molecule has 0 aliphatic heterocycles. The first-order valence-electron chi connectivity index (χ1n) is 5.78. The van der Waals surface area contributed by atoms with E-state index >= 15 is 0 Å². The topological polar surface area (TPSA) is 38.0 Å². The molecule has 0 spiro atoms. The molecular formula is C14H12BrF3N2. The second-order valence-corrected chi connectivity index (χ2v) is 5.21. The van der Waals surface area contributed by atoms with Crippen LogP contribution in [0.2, 0.25) is 0 Å². The van der Waals surface area contributed by atoms with E-state index < -0.39 is 11.7 Å². The van der Waals surface area contributed by atoms with Crippen molar-refractivity contribution in [1.29, 1.82) is 0 Å². The quantitative estimate of drug-likeness (QED) is 0.743. The number of benzene rings is 2. The Morgan fingerprint density at radius 3 is 2.50 bits per heavy atom. The van der Waals surface area contributed by atoms with Crippen molar-refractivity contribution in [2.45, 2.75) is 13.1 Å². The predicted molar refractivity (Wildman–Crippen MR) is 78.0 cm³/mol. The lowest BCUT2D eigenvalue weighted by molar-refractivity contribution is -0.138. The molecule has 0 fully saturated rings. The second kappa shape index (κ2) is 5.36. The molecule has 0 bridgehead atoms. The summed E-state index contributed by atoms with van der Waals surface area (Å²) in [5.74, 6) is 0. The van der Waals surface area contributed by atoms with E-state index in [9.17, 15) is 13.2 Å². The molecule has 6 heteroatoms. The SMILES string of the molecule is Cc1cccc(Nc2ccc(Br)c(C(F)(F)F)c2)c1N. The third-order valence-corrected chi connectivity index (χ3v) is 3.57. The Labute approximate surface area is 122 Å². The van der Waals surface area contributed by atoms with E-state index in [2.05, 4.69) is 21.2 Å². The van der Waals surface area contributed by atoms with Gasteiger partial charge < -0.3 is 11.1 Å². The van der Waals surface area contributed by atoms with E-state index in [4.69, 9.17) is 5.73 Å². The Balaban J connectivity index is 2.38. The van der Waals surface area contributed by atoms with Gasteiger partial charge in [-0.15, -0.1) is 0 Å². The summed E-state index contributed by atoms with van der Waals surface area (Å²) >= 11 is 2.91. The summed E-state index contributed by atoms with van der Waals surface area (Å²) in [6, 6.07) is 9.31. The Morgan fingerprint density at radius 1 is 1.15 bits per heavy atom. The number of rotatable bonds is 2. The van der Waals surface area contributed by atoms with Gasteiger partial charge in [-0.1, -0.05) is 28.1 Å². The summed E-state index contributed by atoms with van der Waals surface area (Å²) < 4.78 is 38.5. The second-order valence-electron chi connectivity index (χ2n) is 4.35. The molecule has 0 saturated heterocycles. The fourth-order valence-electron chi connectivity index (χ4n) is 1.77. The standard InChI is InChI=1S/C14H12BrF3N2/c1-8-3-2-4-12(13(8)19)20-9-5-6-11(15)10(7-9)14(16,17)18/h2-7,20H,19H2,1H3. The molecule has 0 aliphatic rings. The normalized spacial score (nSPS) is 11.4. The van der Waals surface area contributed by atoms with Crippen molar-refractivity contribution in [3.63, 3.8) is 0 Å². The van der Waals surface area contributed by atoms with Gasteiger partial charge >= 0.3 is 6.18 Å². The third-order valence-electron chi connectivity index (χ3n) is 2.87. The van der Waals surface area contributed by atoms with Crippen LogP contribution in [0.4, 0.5) is 30.2 Å². The number of anilines is 3. The average molecular weight is 345 g/mol. The molecule has 0 unspecified atom stereocenters. The zero-order valence-corrected chi connectivity index (χ0v) is 12.1. The summed E-state index contributed by atoms with van der Waals surface area (Å²) in [4.78, 5) is 0. The molecule has 0 heterocycles. The van der Waals surface area contributed by atoms with Crippen molar-refractivity contribution in [3.8, 4) is 0 Å². The van der Waals surface area contributed by atoms with Crippen LogP contribution in [0.25, 0.3) is 0 Å². The van der Waals surface area contributed by atoms with Gasteiger partial charge in [-0.05, 0) is 36.8 Å². The van der Waals surface area contributed by atoms with Gasteiger partial charge in [-0.3, -0.25) is 0 Å². The number of aryl methyl sites for hydroxylation is 1. The Bertz CT molecular complexity index is 639. The molecule has 0 saturated carbocycles. The van der Waals surface area contributed by atoms with Crippen LogP contribution in [0.5, 0.6) is 0 Å². The molecule has 2 aromatic rings. The monoisotopic (exact) mass is 344 g/mol. The fraction of sp³-hybridized carbons (Fsp3) is 0.143. The first kappa shape index (κ1) is 14.7. The molecule has 0 aliphatic carbocycles. The van der Waals surface area contributed by atoms with Crippen LogP contribution < -0.4 is 11.1 Å². The highest BCUT2D eigenvalue weighted by Gasteiger charge is 2.33. The van der Waals surface area contributed by atoms with Crippen LogP contribution in [0, 0.1) is 6.92 Å². The molecule has 2 aromatic carbocycles. The molecular weight excluding hydrogens is 333 g/mol. The Hall–Kier alpha value is -1.69. The Morgan fingerprint density at radius 2 is 1.85 bits per heavy atom. The van der Waals surface area contributed by atoms with Crippen molar-refractivity contribution >= 4 is 33.0 Å². The zero-order chi connectivity index (χ0) is 14.9. The van der Waals surface area contributed by atoms with E-state index in [0.29, 0.717) is 17.1 Å². The highest BCUT2D eigenvalue weighted by atomic mass is 79.9. The lowest BCUT2D eigenvalue weighted by Gasteiger charge is -2.14. The van der Waals surface area contributed by atoms with Crippen LogP contribution in [-0.4, -0.2) is 0 Å². The lowest BCUT2D eigenvalue weighted by atomic mass is 10.1. The van der Waals surface area contributed by atoms with E-state index in [1.165, 1.54) is 6.07 Å². The number of nitrogen functional groups attached to an aromatic ring is 1. The predicted octanol–water partition coefficient (Wildman–Crippen LogP) is 5.10. The molecule has 0 atom stereocenters. The summed E-state index contributed by atoms with van der Waals surface area (Å²) in [6.07, 6.45) is -4.41. The maximum absolute atomic E-state index is 12.8. The van der Waals surface area contributed by atoms with Crippen LogP contribution in [0.1, 0.15) is 11.1 Å². The smallest absolute Gasteiger partial charge is 0.397 e. The van der Waals surface area contributed by atoms with Crippen LogP contribution in [0.15, 0.2) is 40.9 Å². The van der Waals surface area contributed by atoms with Crippen LogP contribution in [-0.2, 0) is 6.18 Å². The van der Waals surface area contributed by atoms with Crippen molar-refractivity contribution in [2.75, 3.05) is 11.1 Å². The average Bonchev–Trinajstić information content (AvgIpc) is 2.36. The van der Waals surface area contributed by atoms with Gasteiger partial charge in [0.2, 0.25) is 0 Å². The third kappa shape index (κ3) is 3.07. The van der Waals surface area contributed by atoms with Crippen molar-refractivity contribution < 1.29 is 13.2 Å². The highest BCUT2D eigenvalue weighted by molar-refractivity contribution is 9.10. The summed E-state index contributed by atoms with van der Waals surface area (Å²) in [6.45, 7) is 1.84. The minimum atomic E-state index is -4.41. The van der Waals surface area contributed by atoms with Gasteiger partial charge in [0.05, 0.1) is 16.9 Å². The number of nitrogens with one attached hydrogen (secondary N) is 1. The van der Waals surface area contributed by atoms with E-state index in [-0.39, 0.29) is 4.47 Å². The molecule has 2 rings (SSSR count). The first-order valence-corrected chi connectivity index (χ1v) is 6.57. The molecule has 20 heavy (non-hydrogen) atoms. The summed E-state index contributed by atoms with van der Waals surface area (Å²) in [5.41, 5.74) is 7.46. The highest BCUT2D eigenvalue weighted by Crippen LogP contribution is 2.37. The van der Waals surface area contributed by atoms with Gasteiger partial charge in [0.25, 0.3) is 0 Å². The van der Waals surface area contributed by atoms with Crippen molar-refractivity contribution in [3.05, 3.63) is 52.0 Å². The number of hydrogen-bond acceptors (Lipinski definition) is 2. The summed E-state index contributed by atoms with van der Waals surface area (Å²) in [5, 5.41) is 2.91. The van der Waals surface area contributed by atoms with Crippen LogP contribution >= 0.6 is 15.9 Å². The molecule has 106 valence electrons. The number of nitrogens with two attached hydrogens (primary N) is 1. The van der Waals surface area contributed by atoms with Gasteiger partial charge in [-0.2, -0.15) is 13.2 Å². The van der Waals surface area contributed by atoms with E-state index in [0.717, 1.165) is 11.6 Å². The largest absolute Gasteiger partial charge is 0.417 e. The molecule has 3 N–H and O–H groups in total. The maximum atomic E-state index is 12.8. The Kier molecular flexibility index (Phi) is 3.94. The van der Waals surface area contributed by atoms with Crippen molar-refractivity contribution in [2.24, 2.45) is 0 Å². The minimum absolute atomic E-state index is 0.00719. The number of alkyl halides is 3. The lowest BCUT2D eigenvalue weighted by Crippen LogP contribution is -2.07. The molecule has 0 aromatic heterocycles.